The van der Waals surface area contributed by atoms with Gasteiger partial charge in [-0.3, -0.25) is 14.5 Å². The average molecular weight is 491 g/mol. The Morgan fingerprint density at radius 3 is 2.61 bits per heavy atom. The minimum Gasteiger partial charge on any atom is -0.308 e. The number of alkyl halides is 1. The van der Waals surface area contributed by atoms with E-state index in [-0.39, 0.29) is 23.9 Å². The van der Waals surface area contributed by atoms with Crippen molar-refractivity contribution in [2.24, 2.45) is 0 Å². The number of carbonyl (C=O) groups is 1. The van der Waals surface area contributed by atoms with Crippen molar-refractivity contribution in [3.05, 3.63) is 59.8 Å². The van der Waals surface area contributed by atoms with Crippen LogP contribution in [0.15, 0.2) is 49.1 Å². The van der Waals surface area contributed by atoms with E-state index >= 15 is 4.39 Å². The maximum absolute atomic E-state index is 15.8. The zero-order valence-electron chi connectivity index (χ0n) is 17.5. The number of carbonyl (C=O) groups excluding carboxylic acids is 1. The lowest BCUT2D eigenvalue weighted by Crippen LogP contribution is -2.37. The SMILES string of the molecule is CCC(F)(C(=O)Nc1ccc(-c2cncc(Cl)c2)cn1)c1ccnc(NS(=O)(=O)C2CC2)n1. The molecule has 3 heterocycles. The highest BCUT2D eigenvalue weighted by atomic mass is 35.5. The van der Waals surface area contributed by atoms with Crippen molar-refractivity contribution in [3.63, 3.8) is 0 Å². The molecule has 172 valence electrons. The third kappa shape index (κ3) is 5.09. The van der Waals surface area contributed by atoms with Gasteiger partial charge in [-0.25, -0.2) is 27.8 Å². The van der Waals surface area contributed by atoms with Crippen LogP contribution in [0, 0.1) is 0 Å². The fourth-order valence-electron chi connectivity index (χ4n) is 3.10. The van der Waals surface area contributed by atoms with E-state index in [0.717, 1.165) is 5.56 Å². The Morgan fingerprint density at radius 1 is 1.18 bits per heavy atom. The molecule has 12 heteroatoms. The molecule has 0 aromatic carbocycles. The molecule has 1 unspecified atom stereocenters. The number of hydrogen-bond acceptors (Lipinski definition) is 7. The Hall–Kier alpha value is -3.18. The topological polar surface area (TPSA) is 127 Å². The number of aromatic nitrogens is 4. The maximum atomic E-state index is 15.8. The minimum atomic E-state index is -3.63. The molecule has 0 radical (unpaired) electrons. The van der Waals surface area contributed by atoms with Gasteiger partial charge in [0.1, 0.15) is 5.82 Å². The number of halogens is 2. The van der Waals surface area contributed by atoms with Gasteiger partial charge in [0.15, 0.2) is 0 Å². The van der Waals surface area contributed by atoms with Crippen molar-refractivity contribution >= 4 is 39.3 Å². The van der Waals surface area contributed by atoms with Gasteiger partial charge in [0.2, 0.25) is 21.6 Å². The third-order valence-electron chi connectivity index (χ3n) is 5.15. The van der Waals surface area contributed by atoms with Crippen LogP contribution in [0.4, 0.5) is 16.2 Å². The Bertz CT molecular complexity index is 1290. The van der Waals surface area contributed by atoms with Gasteiger partial charge in [-0.2, -0.15) is 0 Å². The molecule has 1 fully saturated rings. The van der Waals surface area contributed by atoms with Crippen molar-refractivity contribution in [2.75, 3.05) is 10.0 Å². The summed E-state index contributed by atoms with van der Waals surface area (Å²) < 4.78 is 42.3. The first-order valence-corrected chi connectivity index (χ1v) is 12.1. The van der Waals surface area contributed by atoms with Crippen molar-refractivity contribution in [1.29, 1.82) is 0 Å². The van der Waals surface area contributed by atoms with Crippen LogP contribution in [0.1, 0.15) is 31.9 Å². The summed E-state index contributed by atoms with van der Waals surface area (Å²) in [5, 5.41) is 2.43. The molecular weight excluding hydrogens is 471 g/mol. The monoisotopic (exact) mass is 490 g/mol. The predicted molar refractivity (Wildman–Crippen MR) is 122 cm³/mol. The van der Waals surface area contributed by atoms with Crippen LogP contribution in [0.5, 0.6) is 0 Å². The number of sulfonamides is 1. The van der Waals surface area contributed by atoms with Crippen LogP contribution in [0.3, 0.4) is 0 Å². The van der Waals surface area contributed by atoms with Crippen LogP contribution in [-0.4, -0.2) is 39.5 Å². The summed E-state index contributed by atoms with van der Waals surface area (Å²) in [6, 6.07) is 6.18. The lowest BCUT2D eigenvalue weighted by atomic mass is 9.97. The van der Waals surface area contributed by atoms with E-state index in [2.05, 4.69) is 30.0 Å². The molecule has 4 rings (SSSR count). The standard InChI is InChI=1S/C21H20ClFN6O3S/c1-2-21(23,17-7-8-25-20(27-17)29-33(31,32)16-4-5-16)19(30)28-18-6-3-13(11-26-18)14-9-15(22)12-24-10-14/h3,6-12,16H,2,4-5H2,1H3,(H,25,27,29)(H,26,28,30). The van der Waals surface area contributed by atoms with Gasteiger partial charge in [-0.15, -0.1) is 0 Å². The van der Waals surface area contributed by atoms with Gasteiger partial charge in [0.05, 0.1) is 16.0 Å². The second-order valence-corrected chi connectivity index (χ2v) is 9.94. The van der Waals surface area contributed by atoms with Gasteiger partial charge in [0, 0.05) is 35.9 Å². The summed E-state index contributed by atoms with van der Waals surface area (Å²) in [6.07, 6.45) is 6.71. The summed E-state index contributed by atoms with van der Waals surface area (Å²) in [6.45, 7) is 1.48. The Morgan fingerprint density at radius 2 is 1.97 bits per heavy atom. The fraction of sp³-hybridized carbons (Fsp3) is 0.286. The summed E-state index contributed by atoms with van der Waals surface area (Å²) in [4.78, 5) is 28.8. The number of rotatable bonds is 8. The maximum Gasteiger partial charge on any atom is 0.269 e. The van der Waals surface area contributed by atoms with E-state index in [0.29, 0.717) is 23.4 Å². The highest BCUT2D eigenvalue weighted by molar-refractivity contribution is 7.93. The molecule has 1 aliphatic rings. The molecule has 33 heavy (non-hydrogen) atoms. The van der Waals surface area contributed by atoms with Gasteiger partial charge >= 0.3 is 0 Å². The van der Waals surface area contributed by atoms with Crippen LogP contribution in [0.2, 0.25) is 5.02 Å². The molecule has 2 N–H and O–H groups in total. The molecule has 1 atom stereocenters. The van der Waals surface area contributed by atoms with E-state index in [1.807, 2.05) is 0 Å². The van der Waals surface area contributed by atoms with Crippen molar-refractivity contribution in [2.45, 2.75) is 37.1 Å². The zero-order valence-corrected chi connectivity index (χ0v) is 19.1. The third-order valence-corrected chi connectivity index (χ3v) is 7.17. The number of anilines is 2. The normalized spacial score (nSPS) is 15.5. The van der Waals surface area contributed by atoms with Crippen molar-refractivity contribution < 1.29 is 17.6 Å². The first-order valence-electron chi connectivity index (χ1n) is 10.1. The zero-order chi connectivity index (χ0) is 23.6. The first-order chi connectivity index (χ1) is 15.7. The van der Waals surface area contributed by atoms with Gasteiger partial charge in [-0.05, 0) is 43.5 Å². The van der Waals surface area contributed by atoms with Crippen LogP contribution in [0.25, 0.3) is 11.1 Å². The number of nitrogens with one attached hydrogen (secondary N) is 2. The number of amides is 1. The molecule has 1 aliphatic carbocycles. The molecule has 1 saturated carbocycles. The van der Waals surface area contributed by atoms with Gasteiger partial charge in [-0.1, -0.05) is 18.5 Å². The van der Waals surface area contributed by atoms with E-state index in [4.69, 9.17) is 11.6 Å². The fourth-order valence-corrected chi connectivity index (χ4v) is 4.55. The van der Waals surface area contributed by atoms with E-state index in [9.17, 15) is 13.2 Å². The second-order valence-electron chi connectivity index (χ2n) is 7.54. The minimum absolute atomic E-state index is 0.137. The lowest BCUT2D eigenvalue weighted by molar-refractivity contribution is -0.128. The largest absolute Gasteiger partial charge is 0.308 e. The molecule has 1 amide bonds. The molecule has 0 spiro atoms. The molecule has 0 bridgehead atoms. The second kappa shape index (κ2) is 8.99. The highest BCUT2D eigenvalue weighted by Gasteiger charge is 2.41. The highest BCUT2D eigenvalue weighted by Crippen LogP contribution is 2.32. The molecular formula is C21H20ClFN6O3S. The molecule has 3 aromatic heterocycles. The Kier molecular flexibility index (Phi) is 6.26. The van der Waals surface area contributed by atoms with Crippen molar-refractivity contribution in [1.82, 2.24) is 19.9 Å². The number of hydrogen-bond donors (Lipinski definition) is 2. The summed E-state index contributed by atoms with van der Waals surface area (Å²) >= 11 is 5.95. The number of nitrogens with zero attached hydrogens (tertiary/aromatic N) is 4. The van der Waals surface area contributed by atoms with Crippen LogP contribution < -0.4 is 10.0 Å². The molecule has 9 nitrogen and oxygen atoms in total. The summed E-state index contributed by atoms with van der Waals surface area (Å²) in [5.41, 5.74) is -1.33. The smallest absolute Gasteiger partial charge is 0.269 e. The predicted octanol–water partition coefficient (Wildman–Crippen LogP) is 3.70. The van der Waals surface area contributed by atoms with E-state index < -0.39 is 26.8 Å². The van der Waals surface area contributed by atoms with E-state index in [1.165, 1.54) is 37.6 Å². The quantitative estimate of drug-likeness (QED) is 0.492. The molecule has 0 saturated heterocycles. The van der Waals surface area contributed by atoms with E-state index in [1.54, 1.807) is 18.3 Å². The first kappa shape index (κ1) is 23.0. The Balaban J connectivity index is 1.52. The van der Waals surface area contributed by atoms with Gasteiger partial charge in [0.25, 0.3) is 5.91 Å². The Labute approximate surface area is 194 Å². The summed E-state index contributed by atoms with van der Waals surface area (Å²) in [7, 11) is -3.63. The van der Waals surface area contributed by atoms with Crippen LogP contribution >= 0.6 is 11.6 Å². The number of pyridine rings is 2. The molecule has 3 aromatic rings. The molecule has 0 aliphatic heterocycles. The average Bonchev–Trinajstić information content (AvgIpc) is 3.65. The van der Waals surface area contributed by atoms with Crippen LogP contribution in [-0.2, 0) is 20.5 Å². The summed E-state index contributed by atoms with van der Waals surface area (Å²) in [5.74, 6) is -1.12. The van der Waals surface area contributed by atoms with Crippen molar-refractivity contribution in [3.8, 4) is 11.1 Å². The van der Waals surface area contributed by atoms with Gasteiger partial charge < -0.3 is 5.32 Å². The lowest BCUT2D eigenvalue weighted by Gasteiger charge is -2.22.